The van der Waals surface area contributed by atoms with Crippen LogP contribution >= 0.6 is 11.8 Å². The number of benzene rings is 1. The summed E-state index contributed by atoms with van der Waals surface area (Å²) in [5, 5.41) is 1.16. The largest absolute Gasteiger partial charge is 0.360 e. The molecule has 0 aliphatic heterocycles. The third-order valence-corrected chi connectivity index (χ3v) is 7.66. The van der Waals surface area contributed by atoms with E-state index in [0.29, 0.717) is 23.7 Å². The minimum absolute atomic E-state index is 0.00379. The van der Waals surface area contributed by atoms with Crippen LogP contribution in [-0.2, 0) is 10.0 Å². The molecule has 0 saturated carbocycles. The number of nitrogens with one attached hydrogen (secondary N) is 1. The molecular weight excluding hydrogens is 394 g/mol. The number of aromatic nitrogens is 2. The number of thioether (sulfide) groups is 1. The number of H-pyrrole nitrogens is 1. The van der Waals surface area contributed by atoms with E-state index in [9.17, 15) is 13.2 Å². The summed E-state index contributed by atoms with van der Waals surface area (Å²) in [5.74, 6) is 0.00379. The summed E-state index contributed by atoms with van der Waals surface area (Å²) in [6.45, 7) is 6.25. The molecule has 0 saturated heterocycles. The van der Waals surface area contributed by atoms with Gasteiger partial charge in [-0.15, -0.1) is 0 Å². The Morgan fingerprint density at radius 1 is 1.18 bits per heavy atom. The van der Waals surface area contributed by atoms with Crippen LogP contribution in [-0.4, -0.2) is 46.8 Å². The molecule has 3 rings (SSSR count). The fourth-order valence-corrected chi connectivity index (χ4v) is 5.29. The van der Waals surface area contributed by atoms with Gasteiger partial charge in [-0.05, 0) is 25.1 Å². The van der Waals surface area contributed by atoms with Gasteiger partial charge in [0, 0.05) is 41.9 Å². The van der Waals surface area contributed by atoms with E-state index < -0.39 is 10.0 Å². The molecule has 0 bridgehead atoms. The van der Waals surface area contributed by atoms with Crippen molar-refractivity contribution in [3.05, 3.63) is 54.4 Å². The van der Waals surface area contributed by atoms with Gasteiger partial charge in [0.15, 0.2) is 5.78 Å². The molecule has 6 nitrogen and oxygen atoms in total. The van der Waals surface area contributed by atoms with E-state index >= 15 is 0 Å². The van der Waals surface area contributed by atoms with Gasteiger partial charge in [-0.3, -0.25) is 4.79 Å². The summed E-state index contributed by atoms with van der Waals surface area (Å²) in [6, 6.07) is 10.9. The monoisotopic (exact) mass is 417 g/mol. The Bertz CT molecular complexity index is 1070. The first-order chi connectivity index (χ1) is 13.4. The lowest BCUT2D eigenvalue weighted by Crippen LogP contribution is -2.30. The third-order valence-electron chi connectivity index (χ3n) is 4.57. The molecule has 8 heteroatoms. The lowest BCUT2D eigenvalue weighted by molar-refractivity contribution is 0.0995. The molecule has 2 heterocycles. The zero-order valence-electron chi connectivity index (χ0n) is 16.0. The van der Waals surface area contributed by atoms with Crippen molar-refractivity contribution in [2.75, 3.05) is 13.1 Å². The molecule has 1 aromatic carbocycles. The number of ketones is 1. The fourth-order valence-electron chi connectivity index (χ4n) is 3.03. The number of carbonyl (C=O) groups is 1. The second kappa shape index (κ2) is 8.46. The number of sulfonamides is 1. The Hall–Kier alpha value is -2.16. The average molecular weight is 418 g/mol. The molecule has 28 heavy (non-hydrogen) atoms. The Morgan fingerprint density at radius 3 is 2.54 bits per heavy atom. The average Bonchev–Trinajstić information content (AvgIpc) is 3.12. The number of aromatic amines is 1. The summed E-state index contributed by atoms with van der Waals surface area (Å²) in [5.41, 5.74) is 1.57. The zero-order valence-corrected chi connectivity index (χ0v) is 17.7. The van der Waals surface area contributed by atoms with Gasteiger partial charge in [-0.25, -0.2) is 13.4 Å². The Balaban J connectivity index is 1.76. The number of fused-ring (bicyclic) bond motifs is 1. The molecule has 148 valence electrons. The Labute approximate surface area is 169 Å². The summed E-state index contributed by atoms with van der Waals surface area (Å²) in [4.78, 5) is 20.4. The number of para-hydroxylation sites is 1. The molecule has 0 aliphatic carbocycles. The maximum atomic E-state index is 12.8. The van der Waals surface area contributed by atoms with Gasteiger partial charge in [0.1, 0.15) is 4.90 Å². The number of pyridine rings is 1. The van der Waals surface area contributed by atoms with Gasteiger partial charge < -0.3 is 4.98 Å². The van der Waals surface area contributed by atoms with Crippen molar-refractivity contribution in [1.82, 2.24) is 14.3 Å². The minimum Gasteiger partial charge on any atom is -0.360 e. The van der Waals surface area contributed by atoms with Gasteiger partial charge in [-0.1, -0.05) is 43.8 Å². The van der Waals surface area contributed by atoms with Crippen LogP contribution in [0.1, 0.15) is 31.1 Å². The summed E-state index contributed by atoms with van der Waals surface area (Å²) in [7, 11) is -3.53. The maximum absolute atomic E-state index is 12.8. The number of carbonyl (C=O) groups excluding carboxylic acids is 1. The van der Waals surface area contributed by atoms with Crippen molar-refractivity contribution in [2.24, 2.45) is 0 Å². The van der Waals surface area contributed by atoms with Crippen molar-refractivity contribution in [2.45, 2.75) is 35.9 Å². The first-order valence-electron chi connectivity index (χ1n) is 9.11. The number of hydrogen-bond acceptors (Lipinski definition) is 5. The van der Waals surface area contributed by atoms with Crippen LogP contribution in [0, 0.1) is 0 Å². The second-order valence-electron chi connectivity index (χ2n) is 6.29. The van der Waals surface area contributed by atoms with Crippen molar-refractivity contribution in [3.8, 4) is 0 Å². The van der Waals surface area contributed by atoms with Crippen LogP contribution in [0.15, 0.2) is 58.7 Å². The molecule has 0 unspecified atom stereocenters. The second-order valence-corrected chi connectivity index (χ2v) is 9.59. The number of hydrogen-bond donors (Lipinski definition) is 1. The Morgan fingerprint density at radius 2 is 1.89 bits per heavy atom. The topological polar surface area (TPSA) is 83.1 Å². The van der Waals surface area contributed by atoms with Crippen LogP contribution in [0.25, 0.3) is 10.9 Å². The maximum Gasteiger partial charge on any atom is 0.244 e. The summed E-state index contributed by atoms with van der Waals surface area (Å²) < 4.78 is 26.5. The van der Waals surface area contributed by atoms with E-state index in [0.717, 1.165) is 10.9 Å². The van der Waals surface area contributed by atoms with Crippen LogP contribution in [0.3, 0.4) is 0 Å². The lowest BCUT2D eigenvalue weighted by atomic mass is 10.1. The fraction of sp³-hybridized carbons (Fsp3) is 0.300. The van der Waals surface area contributed by atoms with E-state index in [4.69, 9.17) is 0 Å². The first kappa shape index (κ1) is 20.6. The Kier molecular flexibility index (Phi) is 6.22. The van der Waals surface area contributed by atoms with E-state index in [1.807, 2.05) is 31.2 Å². The molecule has 0 fully saturated rings. The molecule has 0 spiro atoms. The van der Waals surface area contributed by atoms with E-state index in [-0.39, 0.29) is 15.9 Å². The third kappa shape index (κ3) is 3.99. The van der Waals surface area contributed by atoms with Gasteiger partial charge in [0.2, 0.25) is 10.0 Å². The highest BCUT2D eigenvalue weighted by Gasteiger charge is 2.23. The molecular formula is C20H23N3O3S2. The summed E-state index contributed by atoms with van der Waals surface area (Å²) >= 11 is 1.31. The van der Waals surface area contributed by atoms with Crippen molar-refractivity contribution in [3.63, 3.8) is 0 Å². The molecule has 0 amide bonds. The van der Waals surface area contributed by atoms with Gasteiger partial charge >= 0.3 is 0 Å². The smallest absolute Gasteiger partial charge is 0.244 e. The normalized spacial score (nSPS) is 13.1. The first-order valence-corrected chi connectivity index (χ1v) is 11.4. The predicted molar refractivity (Wildman–Crippen MR) is 112 cm³/mol. The molecule has 1 N–H and O–H groups in total. The standard InChI is InChI=1S/C20H23N3O3S2/c1-4-23(5-2)28(25,26)15-10-11-19(22-12-15)27-14(3)20(24)17-13-21-18-9-7-6-8-16(17)18/h6-14,21H,4-5H2,1-3H3/t14-/m1/s1. The van der Waals surface area contributed by atoms with Crippen LogP contribution in [0.5, 0.6) is 0 Å². The minimum atomic E-state index is -3.53. The molecule has 2 aromatic heterocycles. The highest BCUT2D eigenvalue weighted by atomic mass is 32.2. The highest BCUT2D eigenvalue weighted by molar-refractivity contribution is 8.00. The van der Waals surface area contributed by atoms with Crippen LogP contribution < -0.4 is 0 Å². The highest BCUT2D eigenvalue weighted by Crippen LogP contribution is 2.28. The molecule has 3 aromatic rings. The van der Waals surface area contributed by atoms with Crippen molar-refractivity contribution in [1.29, 1.82) is 0 Å². The quantitative estimate of drug-likeness (QED) is 0.443. The predicted octanol–water partition coefficient (Wildman–Crippen LogP) is 3.96. The van der Waals surface area contributed by atoms with Crippen LogP contribution in [0.2, 0.25) is 0 Å². The lowest BCUT2D eigenvalue weighted by Gasteiger charge is -2.18. The molecule has 0 radical (unpaired) electrons. The summed E-state index contributed by atoms with van der Waals surface area (Å²) in [6.07, 6.45) is 3.09. The van der Waals surface area contributed by atoms with E-state index in [1.54, 1.807) is 32.2 Å². The van der Waals surface area contributed by atoms with Crippen LogP contribution in [0.4, 0.5) is 0 Å². The van der Waals surface area contributed by atoms with E-state index in [1.165, 1.54) is 22.3 Å². The molecule has 1 atom stereocenters. The number of Topliss-reactive ketones (excluding diaryl/α,β-unsaturated/α-hetero) is 1. The SMILES string of the molecule is CCN(CC)S(=O)(=O)c1ccc(S[C@H](C)C(=O)c2c[nH]c3ccccc23)nc1. The van der Waals surface area contributed by atoms with Gasteiger partial charge in [0.25, 0.3) is 0 Å². The zero-order chi connectivity index (χ0) is 20.3. The number of rotatable bonds is 8. The van der Waals surface area contributed by atoms with Gasteiger partial charge in [-0.2, -0.15) is 4.31 Å². The number of nitrogens with zero attached hydrogens (tertiary/aromatic N) is 2. The van der Waals surface area contributed by atoms with Crippen molar-refractivity contribution < 1.29 is 13.2 Å². The van der Waals surface area contributed by atoms with Gasteiger partial charge in [0.05, 0.1) is 10.3 Å². The molecule has 0 aliphatic rings. The van der Waals surface area contributed by atoms with Crippen molar-refractivity contribution >= 4 is 38.5 Å². The van der Waals surface area contributed by atoms with E-state index in [2.05, 4.69) is 9.97 Å².